The number of rotatable bonds is 14. The van der Waals surface area contributed by atoms with E-state index in [4.69, 9.17) is 11.8 Å². The molecule has 230 valence electrons. The number of carbonyl (C=O) groups is 3. The SMILES string of the molecule is [CH]N1CCN(CC)CCN(CC(=O)N[C@H](Cc2ccc(C)cc2)C(=O)NCCCOCC)CCN(CC(=O)O)CC1. The van der Waals surface area contributed by atoms with Gasteiger partial charge in [-0.25, -0.2) is 0 Å². The fourth-order valence-corrected chi connectivity index (χ4v) is 4.64. The lowest BCUT2D eigenvalue weighted by molar-refractivity contribution is -0.138. The molecule has 1 aromatic carbocycles. The number of nitrogens with zero attached hydrogens (tertiary/aromatic N) is 4. The van der Waals surface area contributed by atoms with Gasteiger partial charge < -0.3 is 25.4 Å². The molecule has 0 bridgehead atoms. The molecular weight excluding hydrogens is 524 g/mol. The monoisotopic (exact) mass is 574 g/mol. The third-order valence-corrected chi connectivity index (χ3v) is 7.23. The molecule has 3 N–H and O–H groups in total. The Hall–Kier alpha value is -2.57. The van der Waals surface area contributed by atoms with Gasteiger partial charge in [0, 0.05) is 85.6 Å². The van der Waals surface area contributed by atoms with Crippen LogP contribution in [0.5, 0.6) is 0 Å². The lowest BCUT2D eigenvalue weighted by atomic mass is 10.0. The Morgan fingerprint density at radius 1 is 0.927 bits per heavy atom. The van der Waals surface area contributed by atoms with Crippen molar-refractivity contribution in [2.45, 2.75) is 39.7 Å². The van der Waals surface area contributed by atoms with Crippen LogP contribution in [0.15, 0.2) is 24.3 Å². The fraction of sp³-hybridized carbons (Fsp3) is 0.667. The van der Waals surface area contributed by atoms with Crippen molar-refractivity contribution in [3.8, 4) is 0 Å². The van der Waals surface area contributed by atoms with Crippen molar-refractivity contribution in [1.82, 2.24) is 30.2 Å². The first kappa shape index (κ1) is 34.6. The van der Waals surface area contributed by atoms with Crippen LogP contribution in [0.3, 0.4) is 0 Å². The highest BCUT2D eigenvalue weighted by atomic mass is 16.5. The maximum absolute atomic E-state index is 13.3. The highest BCUT2D eigenvalue weighted by molar-refractivity contribution is 5.88. The molecule has 11 heteroatoms. The molecule has 1 aliphatic heterocycles. The van der Waals surface area contributed by atoms with Gasteiger partial charge in [-0.05, 0) is 32.4 Å². The van der Waals surface area contributed by atoms with E-state index in [0.717, 1.165) is 30.8 Å². The van der Waals surface area contributed by atoms with Gasteiger partial charge in [-0.1, -0.05) is 36.8 Å². The molecule has 2 rings (SSSR count). The Bertz CT molecular complexity index is 915. The van der Waals surface area contributed by atoms with Crippen molar-refractivity contribution in [2.24, 2.45) is 0 Å². The van der Waals surface area contributed by atoms with E-state index in [1.54, 1.807) is 4.90 Å². The molecule has 0 aliphatic carbocycles. The van der Waals surface area contributed by atoms with Gasteiger partial charge in [0.05, 0.1) is 13.1 Å². The second-order valence-corrected chi connectivity index (χ2v) is 10.6. The van der Waals surface area contributed by atoms with Crippen LogP contribution in [0.1, 0.15) is 31.4 Å². The second kappa shape index (κ2) is 19.5. The van der Waals surface area contributed by atoms with Gasteiger partial charge in [0.25, 0.3) is 0 Å². The number of benzene rings is 1. The van der Waals surface area contributed by atoms with E-state index in [0.29, 0.717) is 71.9 Å². The molecule has 11 nitrogen and oxygen atoms in total. The molecule has 1 atom stereocenters. The molecule has 1 saturated heterocycles. The first-order chi connectivity index (χ1) is 19.7. The van der Waals surface area contributed by atoms with Gasteiger partial charge in [-0.3, -0.25) is 29.1 Å². The third-order valence-electron chi connectivity index (χ3n) is 7.23. The summed E-state index contributed by atoms with van der Waals surface area (Å²) in [6.45, 7) is 13.6. The summed E-state index contributed by atoms with van der Waals surface area (Å²) in [6.07, 6.45) is 1.08. The number of hydrogen-bond donors (Lipinski definition) is 3. The van der Waals surface area contributed by atoms with Gasteiger partial charge >= 0.3 is 5.97 Å². The minimum atomic E-state index is -0.895. The van der Waals surface area contributed by atoms with E-state index in [1.807, 2.05) is 47.9 Å². The van der Waals surface area contributed by atoms with Crippen LogP contribution in [0.2, 0.25) is 0 Å². The molecule has 2 radical (unpaired) electrons. The summed E-state index contributed by atoms with van der Waals surface area (Å²) in [5, 5.41) is 15.3. The van der Waals surface area contributed by atoms with E-state index in [1.165, 1.54) is 0 Å². The number of likely N-dealkylation sites (N-methyl/N-ethyl adjacent to an activating group) is 1. The summed E-state index contributed by atoms with van der Waals surface area (Å²) in [5.74, 6) is -1.35. The van der Waals surface area contributed by atoms with Crippen molar-refractivity contribution in [1.29, 1.82) is 0 Å². The molecule has 0 spiro atoms. The number of hydrogen-bond acceptors (Lipinski definition) is 8. The average molecular weight is 575 g/mol. The van der Waals surface area contributed by atoms with Crippen LogP contribution in [0.4, 0.5) is 0 Å². The number of ether oxygens (including phenoxy) is 1. The van der Waals surface area contributed by atoms with E-state index in [-0.39, 0.29) is 24.9 Å². The molecule has 1 aromatic rings. The molecule has 1 heterocycles. The minimum Gasteiger partial charge on any atom is -0.480 e. The molecule has 1 aliphatic rings. The van der Waals surface area contributed by atoms with Crippen molar-refractivity contribution < 1.29 is 24.2 Å². The number of nitrogens with one attached hydrogen (secondary N) is 2. The van der Waals surface area contributed by atoms with Crippen molar-refractivity contribution in [3.63, 3.8) is 0 Å². The Balaban J connectivity index is 2.08. The largest absolute Gasteiger partial charge is 0.480 e. The summed E-state index contributed by atoms with van der Waals surface area (Å²) in [5.41, 5.74) is 2.09. The first-order valence-electron chi connectivity index (χ1n) is 14.8. The summed E-state index contributed by atoms with van der Waals surface area (Å²) in [6, 6.07) is 7.24. The number of aryl methyl sites for hydroxylation is 1. The lowest BCUT2D eigenvalue weighted by Crippen LogP contribution is -2.52. The summed E-state index contributed by atoms with van der Waals surface area (Å²) in [7, 11) is 6.13. The van der Waals surface area contributed by atoms with Crippen molar-refractivity contribution >= 4 is 17.8 Å². The van der Waals surface area contributed by atoms with Crippen LogP contribution in [-0.2, 0) is 25.5 Å². The predicted octanol–water partition coefficient (Wildman–Crippen LogP) is 0.560. The van der Waals surface area contributed by atoms with E-state index in [2.05, 4.69) is 22.5 Å². The maximum atomic E-state index is 13.3. The van der Waals surface area contributed by atoms with Crippen LogP contribution in [-0.4, -0.2) is 140 Å². The Morgan fingerprint density at radius 2 is 1.51 bits per heavy atom. The summed E-state index contributed by atoms with van der Waals surface area (Å²) in [4.78, 5) is 45.8. The van der Waals surface area contributed by atoms with Crippen LogP contribution in [0, 0.1) is 14.0 Å². The zero-order chi connectivity index (χ0) is 30.0. The van der Waals surface area contributed by atoms with Gasteiger partial charge in [-0.15, -0.1) is 0 Å². The highest BCUT2D eigenvalue weighted by Crippen LogP contribution is 2.07. The fourth-order valence-electron chi connectivity index (χ4n) is 4.64. The zero-order valence-corrected chi connectivity index (χ0v) is 25.1. The van der Waals surface area contributed by atoms with Gasteiger partial charge in [-0.2, -0.15) is 0 Å². The molecule has 0 aromatic heterocycles. The number of amides is 2. The third kappa shape index (κ3) is 14.8. The lowest BCUT2D eigenvalue weighted by Gasteiger charge is -2.32. The molecular formula is C30H50N6O5. The Kier molecular flexibility index (Phi) is 16.5. The number of carboxylic acid groups (broad SMARTS) is 1. The predicted molar refractivity (Wildman–Crippen MR) is 159 cm³/mol. The van der Waals surface area contributed by atoms with Crippen LogP contribution < -0.4 is 10.6 Å². The van der Waals surface area contributed by atoms with E-state index >= 15 is 0 Å². The average Bonchev–Trinajstić information content (AvgIpc) is 2.93. The number of carboxylic acids is 1. The Labute approximate surface area is 246 Å². The normalized spacial score (nSPS) is 17.8. The zero-order valence-electron chi connectivity index (χ0n) is 25.1. The van der Waals surface area contributed by atoms with Gasteiger partial charge in [0.15, 0.2) is 0 Å². The number of carbonyl (C=O) groups excluding carboxylic acids is 2. The van der Waals surface area contributed by atoms with Crippen molar-refractivity contribution in [3.05, 3.63) is 42.4 Å². The van der Waals surface area contributed by atoms with E-state index < -0.39 is 12.0 Å². The standard InChI is InChI=1S/C30H50N6O5/c1-5-34-15-13-33(4)14-16-36(24-29(38)39)20-19-35(18-17-34)23-28(37)32-27(22-26-10-8-25(3)9-11-26)30(40)31-12-7-21-41-6-2/h4,8-11,27H,5-7,12-24H2,1-3H3,(H,31,40)(H,32,37)(H,38,39)/t27-/m1/s1. The van der Waals surface area contributed by atoms with Crippen molar-refractivity contribution in [2.75, 3.05) is 91.8 Å². The van der Waals surface area contributed by atoms with Gasteiger partial charge in [0.1, 0.15) is 6.04 Å². The van der Waals surface area contributed by atoms with E-state index in [9.17, 15) is 19.5 Å². The second-order valence-electron chi connectivity index (χ2n) is 10.6. The molecule has 41 heavy (non-hydrogen) atoms. The van der Waals surface area contributed by atoms with Gasteiger partial charge in [0.2, 0.25) is 11.8 Å². The van der Waals surface area contributed by atoms with Crippen LogP contribution >= 0.6 is 0 Å². The smallest absolute Gasteiger partial charge is 0.317 e. The first-order valence-corrected chi connectivity index (χ1v) is 14.8. The molecule has 0 saturated carbocycles. The highest BCUT2D eigenvalue weighted by Gasteiger charge is 2.23. The topological polar surface area (TPSA) is 118 Å². The minimum absolute atomic E-state index is 0.0863. The summed E-state index contributed by atoms with van der Waals surface area (Å²) >= 11 is 0. The quantitative estimate of drug-likeness (QED) is 0.274. The molecule has 0 unspecified atom stereocenters. The number of aliphatic carboxylic acids is 1. The Morgan fingerprint density at radius 3 is 2.12 bits per heavy atom. The maximum Gasteiger partial charge on any atom is 0.317 e. The molecule has 2 amide bonds. The summed E-state index contributed by atoms with van der Waals surface area (Å²) < 4.78 is 5.36. The molecule has 1 fully saturated rings. The van der Waals surface area contributed by atoms with Crippen LogP contribution in [0.25, 0.3) is 0 Å².